The molecule has 1 aromatic carbocycles. The number of hydrogen-bond donors (Lipinski definition) is 1. The highest BCUT2D eigenvalue weighted by Crippen LogP contribution is 2.10. The molecule has 21 heavy (non-hydrogen) atoms. The molecule has 0 spiro atoms. The maximum Gasteiger partial charge on any atom is 0.240 e. The third kappa shape index (κ3) is 5.13. The molecule has 0 heterocycles. The second kappa shape index (κ2) is 7.56. The predicted octanol–water partition coefficient (Wildman–Crippen LogP) is 1.78. The van der Waals surface area contributed by atoms with Gasteiger partial charge in [0.1, 0.15) is 0 Å². The number of aryl methyl sites for hydroxylation is 1. The molecular weight excluding hydrogens is 288 g/mol. The van der Waals surface area contributed by atoms with Gasteiger partial charge in [-0.2, -0.15) is 0 Å². The Bertz CT molecular complexity index is 565. The molecule has 0 atom stereocenters. The molecule has 118 valence electrons. The summed E-state index contributed by atoms with van der Waals surface area (Å²) in [5.41, 5.74) is 1.09. The Morgan fingerprint density at radius 3 is 2.24 bits per heavy atom. The van der Waals surface area contributed by atoms with Gasteiger partial charge in [0, 0.05) is 26.1 Å². The molecule has 1 amide bonds. The van der Waals surface area contributed by atoms with Gasteiger partial charge in [-0.05, 0) is 38.0 Å². The van der Waals surface area contributed by atoms with Crippen LogP contribution in [0.1, 0.15) is 33.3 Å². The molecule has 0 aliphatic carbocycles. The average molecular weight is 312 g/mol. The molecule has 0 aliphatic heterocycles. The smallest absolute Gasteiger partial charge is 0.240 e. The van der Waals surface area contributed by atoms with E-state index in [1.807, 2.05) is 32.9 Å². The number of benzene rings is 1. The molecule has 0 fully saturated rings. The van der Waals surface area contributed by atoms with Gasteiger partial charge in [-0.3, -0.25) is 4.79 Å². The Kier molecular flexibility index (Phi) is 6.36. The largest absolute Gasteiger partial charge is 0.339 e. The van der Waals surface area contributed by atoms with Crippen molar-refractivity contribution in [2.75, 3.05) is 13.1 Å². The third-order valence-corrected chi connectivity index (χ3v) is 4.79. The van der Waals surface area contributed by atoms with Crippen LogP contribution in [0.4, 0.5) is 0 Å². The van der Waals surface area contributed by atoms with Gasteiger partial charge in [-0.15, -0.1) is 0 Å². The number of rotatable bonds is 7. The topological polar surface area (TPSA) is 66.5 Å². The number of nitrogens with zero attached hydrogens (tertiary/aromatic N) is 1. The number of nitrogens with one attached hydrogen (secondary N) is 1. The van der Waals surface area contributed by atoms with E-state index >= 15 is 0 Å². The molecule has 5 nitrogen and oxygen atoms in total. The van der Waals surface area contributed by atoms with Crippen LogP contribution in [0.3, 0.4) is 0 Å². The Morgan fingerprint density at radius 1 is 1.24 bits per heavy atom. The van der Waals surface area contributed by atoms with Crippen LogP contribution in [0.5, 0.6) is 0 Å². The number of carbonyl (C=O) groups is 1. The first-order chi connectivity index (χ1) is 9.77. The summed E-state index contributed by atoms with van der Waals surface area (Å²) in [6, 6.07) is 6.88. The zero-order chi connectivity index (χ0) is 16.0. The Balaban J connectivity index is 2.66. The lowest BCUT2D eigenvalue weighted by molar-refractivity contribution is -0.130. The number of carbonyl (C=O) groups excluding carboxylic acids is 1. The second-order valence-electron chi connectivity index (χ2n) is 5.20. The van der Waals surface area contributed by atoms with Crippen molar-refractivity contribution in [2.45, 2.75) is 45.1 Å². The van der Waals surface area contributed by atoms with E-state index in [1.165, 1.54) is 6.92 Å². The van der Waals surface area contributed by atoms with Crippen molar-refractivity contribution >= 4 is 15.9 Å². The van der Waals surface area contributed by atoms with E-state index in [4.69, 9.17) is 0 Å². The summed E-state index contributed by atoms with van der Waals surface area (Å²) in [7, 11) is -3.52. The molecule has 1 N–H and O–H groups in total. The van der Waals surface area contributed by atoms with Crippen LogP contribution in [0.15, 0.2) is 29.2 Å². The molecule has 1 aromatic rings. The van der Waals surface area contributed by atoms with Gasteiger partial charge in [0.15, 0.2) is 0 Å². The van der Waals surface area contributed by atoms with Gasteiger partial charge >= 0.3 is 0 Å². The van der Waals surface area contributed by atoms with Crippen molar-refractivity contribution in [1.29, 1.82) is 0 Å². The minimum atomic E-state index is -3.52. The van der Waals surface area contributed by atoms with Gasteiger partial charge in [0.2, 0.25) is 15.9 Å². The van der Waals surface area contributed by atoms with Gasteiger partial charge in [0.05, 0.1) is 4.90 Å². The fraction of sp³-hybridized carbons (Fsp3) is 0.533. The molecule has 1 rings (SSSR count). The van der Waals surface area contributed by atoms with E-state index in [0.717, 1.165) is 12.0 Å². The van der Waals surface area contributed by atoms with Gasteiger partial charge < -0.3 is 4.90 Å². The molecule has 0 unspecified atom stereocenters. The van der Waals surface area contributed by atoms with E-state index in [0.29, 0.717) is 6.54 Å². The zero-order valence-corrected chi connectivity index (χ0v) is 13.9. The highest BCUT2D eigenvalue weighted by atomic mass is 32.2. The monoisotopic (exact) mass is 312 g/mol. The Labute approximate surface area is 127 Å². The molecular formula is C15H24N2O3S. The fourth-order valence-electron chi connectivity index (χ4n) is 2.07. The normalized spacial score (nSPS) is 11.7. The SMILES string of the molecule is CCc1ccc(S(=O)(=O)NCCN(C(C)=O)C(C)C)cc1. The van der Waals surface area contributed by atoms with Crippen molar-refractivity contribution in [1.82, 2.24) is 9.62 Å². The molecule has 0 radical (unpaired) electrons. The predicted molar refractivity (Wildman–Crippen MR) is 83.5 cm³/mol. The minimum absolute atomic E-state index is 0.0517. The average Bonchev–Trinajstić information content (AvgIpc) is 2.42. The standard InChI is InChI=1S/C15H24N2O3S/c1-5-14-6-8-15(9-7-14)21(19,20)16-10-11-17(12(2)3)13(4)18/h6-9,12,16H,5,10-11H2,1-4H3. The summed E-state index contributed by atoms with van der Waals surface area (Å²) < 4.78 is 26.8. The lowest BCUT2D eigenvalue weighted by Gasteiger charge is -2.25. The molecule has 0 saturated heterocycles. The van der Waals surface area contributed by atoms with Crippen molar-refractivity contribution in [3.63, 3.8) is 0 Å². The first-order valence-corrected chi connectivity index (χ1v) is 8.62. The molecule has 6 heteroatoms. The molecule has 0 aliphatic rings. The Morgan fingerprint density at radius 2 is 1.81 bits per heavy atom. The summed E-state index contributed by atoms with van der Waals surface area (Å²) >= 11 is 0. The lowest BCUT2D eigenvalue weighted by Crippen LogP contribution is -2.41. The third-order valence-electron chi connectivity index (χ3n) is 3.31. The number of amides is 1. The van der Waals surface area contributed by atoms with E-state index < -0.39 is 10.0 Å². The van der Waals surface area contributed by atoms with Gasteiger partial charge in [-0.25, -0.2) is 13.1 Å². The maximum atomic E-state index is 12.1. The molecule has 0 saturated carbocycles. The van der Waals surface area contributed by atoms with Crippen molar-refractivity contribution < 1.29 is 13.2 Å². The lowest BCUT2D eigenvalue weighted by atomic mass is 10.2. The molecule has 0 bridgehead atoms. The van der Waals surface area contributed by atoms with Crippen LogP contribution in [-0.2, 0) is 21.2 Å². The minimum Gasteiger partial charge on any atom is -0.339 e. The zero-order valence-electron chi connectivity index (χ0n) is 13.1. The highest BCUT2D eigenvalue weighted by molar-refractivity contribution is 7.89. The van der Waals surface area contributed by atoms with Crippen LogP contribution in [0.25, 0.3) is 0 Å². The van der Waals surface area contributed by atoms with Crippen molar-refractivity contribution in [3.8, 4) is 0 Å². The van der Waals surface area contributed by atoms with E-state index in [9.17, 15) is 13.2 Å². The van der Waals surface area contributed by atoms with Crippen LogP contribution in [-0.4, -0.2) is 38.4 Å². The first-order valence-electron chi connectivity index (χ1n) is 7.13. The second-order valence-corrected chi connectivity index (χ2v) is 6.97. The van der Waals surface area contributed by atoms with Crippen LogP contribution in [0.2, 0.25) is 0 Å². The van der Waals surface area contributed by atoms with Crippen LogP contribution < -0.4 is 4.72 Å². The fourth-order valence-corrected chi connectivity index (χ4v) is 3.09. The number of hydrogen-bond acceptors (Lipinski definition) is 3. The number of sulfonamides is 1. The maximum absolute atomic E-state index is 12.1. The first kappa shape index (κ1) is 17.7. The van der Waals surface area contributed by atoms with Crippen LogP contribution >= 0.6 is 0 Å². The molecule has 0 aromatic heterocycles. The van der Waals surface area contributed by atoms with E-state index in [-0.39, 0.29) is 23.4 Å². The summed E-state index contributed by atoms with van der Waals surface area (Å²) in [6.07, 6.45) is 0.871. The quantitative estimate of drug-likeness (QED) is 0.834. The summed E-state index contributed by atoms with van der Waals surface area (Å²) in [5, 5.41) is 0. The summed E-state index contributed by atoms with van der Waals surface area (Å²) in [5.74, 6) is -0.0588. The van der Waals surface area contributed by atoms with Gasteiger partial charge in [-0.1, -0.05) is 19.1 Å². The van der Waals surface area contributed by atoms with E-state index in [2.05, 4.69) is 4.72 Å². The Hall–Kier alpha value is -1.40. The van der Waals surface area contributed by atoms with Gasteiger partial charge in [0.25, 0.3) is 0 Å². The van der Waals surface area contributed by atoms with E-state index in [1.54, 1.807) is 17.0 Å². The van der Waals surface area contributed by atoms with Crippen molar-refractivity contribution in [3.05, 3.63) is 29.8 Å². The highest BCUT2D eigenvalue weighted by Gasteiger charge is 2.16. The summed E-state index contributed by atoms with van der Waals surface area (Å²) in [6.45, 7) is 7.87. The van der Waals surface area contributed by atoms with Crippen LogP contribution in [0, 0.1) is 0 Å². The van der Waals surface area contributed by atoms with Crippen molar-refractivity contribution in [2.24, 2.45) is 0 Å². The summed E-state index contributed by atoms with van der Waals surface area (Å²) in [4.78, 5) is 13.3.